The van der Waals surface area contributed by atoms with Gasteiger partial charge in [0.25, 0.3) is 0 Å². The molecule has 1 rings (SSSR count). The first-order chi connectivity index (χ1) is 5.93. The number of ether oxygens (including phenoxy) is 1. The minimum atomic E-state index is 0.880. The Morgan fingerprint density at radius 2 is 2.00 bits per heavy atom. The molecule has 0 aromatic heterocycles. The summed E-state index contributed by atoms with van der Waals surface area (Å²) >= 11 is 1.95. The summed E-state index contributed by atoms with van der Waals surface area (Å²) in [6.07, 6.45) is 2.41. The second kappa shape index (κ2) is 7.06. The molecule has 0 aliphatic carbocycles. The summed E-state index contributed by atoms with van der Waals surface area (Å²) in [7, 11) is 0. The van der Waals surface area contributed by atoms with E-state index in [1.54, 1.807) is 0 Å². The molecule has 0 atom stereocenters. The Hall–Kier alpha value is 0.610. The lowest BCUT2D eigenvalue weighted by molar-refractivity contribution is 0.0369. The summed E-state index contributed by atoms with van der Waals surface area (Å²) in [6, 6.07) is 0. The Kier molecular flexibility index (Phi) is 6.29. The van der Waals surface area contributed by atoms with Gasteiger partial charge in [-0.3, -0.25) is 4.90 Å². The fourth-order valence-electron chi connectivity index (χ4n) is 1.32. The second-order valence-electron chi connectivity index (χ2n) is 2.97. The number of morpholine rings is 1. The summed E-state index contributed by atoms with van der Waals surface area (Å²) in [6.45, 7) is 6.09. The highest BCUT2D eigenvalue weighted by molar-refractivity contribution is 14.1. The van der Waals surface area contributed by atoms with Crippen LogP contribution in [0.1, 0.15) is 12.8 Å². The van der Waals surface area contributed by atoms with E-state index in [9.17, 15) is 0 Å². The van der Waals surface area contributed by atoms with Crippen LogP contribution in [0.3, 0.4) is 0 Å². The zero-order valence-corrected chi connectivity index (χ0v) is 9.46. The van der Waals surface area contributed by atoms with Crippen molar-refractivity contribution in [1.82, 2.24) is 4.90 Å². The van der Waals surface area contributed by atoms with E-state index >= 15 is 0 Å². The number of hydrogen-bond acceptors (Lipinski definition) is 3. The van der Waals surface area contributed by atoms with Gasteiger partial charge in [-0.15, -0.1) is 0 Å². The van der Waals surface area contributed by atoms with Crippen LogP contribution < -0.4 is 0 Å². The molecule has 0 saturated carbocycles. The molecule has 0 spiro atoms. The highest BCUT2D eigenvalue weighted by atomic mass is 127. The number of rotatable bonds is 5. The predicted octanol–water partition coefficient (Wildman–Crippen LogP) is 1.47. The van der Waals surface area contributed by atoms with Crippen molar-refractivity contribution in [3.63, 3.8) is 0 Å². The molecule has 0 aromatic rings. The van der Waals surface area contributed by atoms with E-state index in [2.05, 4.69) is 4.90 Å². The van der Waals surface area contributed by atoms with Crippen molar-refractivity contribution in [1.29, 1.82) is 0 Å². The van der Waals surface area contributed by atoms with E-state index in [1.165, 1.54) is 19.4 Å². The summed E-state index contributed by atoms with van der Waals surface area (Å²) in [4.78, 5) is 2.46. The van der Waals surface area contributed by atoms with Crippen molar-refractivity contribution in [2.24, 2.45) is 0 Å². The molecule has 1 aliphatic heterocycles. The molecular weight excluding hydrogens is 269 g/mol. The van der Waals surface area contributed by atoms with Crippen molar-refractivity contribution in [3.8, 4) is 0 Å². The zero-order chi connectivity index (χ0) is 8.65. The Bertz CT molecular complexity index is 107. The largest absolute Gasteiger partial charge is 0.379 e. The molecule has 1 saturated heterocycles. The van der Waals surface area contributed by atoms with Gasteiger partial charge in [0, 0.05) is 13.1 Å². The third-order valence-electron chi connectivity index (χ3n) is 2.05. The standard InChI is InChI=1S/C8H16INO2/c9-12-6-2-1-3-10-4-7-11-8-5-10/h1-8H2. The van der Waals surface area contributed by atoms with Gasteiger partial charge in [0.1, 0.15) is 23.0 Å². The maximum Gasteiger partial charge on any atom is 0.109 e. The molecule has 12 heavy (non-hydrogen) atoms. The normalized spacial score (nSPS) is 19.8. The van der Waals surface area contributed by atoms with Gasteiger partial charge in [0.05, 0.1) is 19.8 Å². The SMILES string of the molecule is IOCCCCN1CCOCC1. The first-order valence-corrected chi connectivity index (χ1v) is 5.35. The van der Waals surface area contributed by atoms with Crippen LogP contribution in [0, 0.1) is 0 Å². The molecule has 4 heteroatoms. The van der Waals surface area contributed by atoms with Crippen LogP contribution in [-0.4, -0.2) is 44.4 Å². The first kappa shape index (κ1) is 10.7. The molecule has 1 heterocycles. The third-order valence-corrected chi connectivity index (χ3v) is 2.49. The highest BCUT2D eigenvalue weighted by Crippen LogP contribution is 2.00. The lowest BCUT2D eigenvalue weighted by Gasteiger charge is -2.26. The molecule has 0 N–H and O–H groups in total. The molecule has 0 radical (unpaired) electrons. The van der Waals surface area contributed by atoms with Gasteiger partial charge in [0.2, 0.25) is 0 Å². The van der Waals surface area contributed by atoms with Crippen molar-refractivity contribution < 1.29 is 7.80 Å². The van der Waals surface area contributed by atoms with Crippen molar-refractivity contribution in [2.75, 3.05) is 39.5 Å². The van der Waals surface area contributed by atoms with Crippen LogP contribution in [0.5, 0.6) is 0 Å². The van der Waals surface area contributed by atoms with Crippen LogP contribution in [0.25, 0.3) is 0 Å². The van der Waals surface area contributed by atoms with Crippen LogP contribution >= 0.6 is 23.0 Å². The van der Waals surface area contributed by atoms with E-state index < -0.39 is 0 Å². The van der Waals surface area contributed by atoms with Gasteiger partial charge in [0.15, 0.2) is 0 Å². The summed E-state index contributed by atoms with van der Waals surface area (Å²) in [5.41, 5.74) is 0. The summed E-state index contributed by atoms with van der Waals surface area (Å²) in [5, 5.41) is 0. The average Bonchev–Trinajstić information content (AvgIpc) is 2.14. The van der Waals surface area contributed by atoms with E-state index in [0.717, 1.165) is 32.9 Å². The predicted molar refractivity (Wildman–Crippen MR) is 56.5 cm³/mol. The van der Waals surface area contributed by atoms with Crippen LogP contribution in [0.4, 0.5) is 0 Å². The summed E-state index contributed by atoms with van der Waals surface area (Å²) < 4.78 is 10.2. The molecule has 1 aliphatic rings. The van der Waals surface area contributed by atoms with Crippen molar-refractivity contribution in [3.05, 3.63) is 0 Å². The Balaban J connectivity index is 1.91. The van der Waals surface area contributed by atoms with Gasteiger partial charge >= 0.3 is 0 Å². The number of nitrogens with zero attached hydrogens (tertiary/aromatic N) is 1. The van der Waals surface area contributed by atoms with Crippen LogP contribution in [0.2, 0.25) is 0 Å². The summed E-state index contributed by atoms with van der Waals surface area (Å²) in [5.74, 6) is 0. The topological polar surface area (TPSA) is 21.7 Å². The van der Waals surface area contributed by atoms with Crippen LogP contribution in [0.15, 0.2) is 0 Å². The molecule has 0 unspecified atom stereocenters. The van der Waals surface area contributed by atoms with E-state index in [-0.39, 0.29) is 0 Å². The lowest BCUT2D eigenvalue weighted by atomic mass is 10.3. The van der Waals surface area contributed by atoms with E-state index in [0.29, 0.717) is 0 Å². The van der Waals surface area contributed by atoms with Crippen molar-refractivity contribution in [2.45, 2.75) is 12.8 Å². The Labute approximate surface area is 88.1 Å². The van der Waals surface area contributed by atoms with Gasteiger partial charge in [-0.25, -0.2) is 0 Å². The minimum Gasteiger partial charge on any atom is -0.379 e. The maximum absolute atomic E-state index is 5.26. The molecule has 0 amide bonds. The monoisotopic (exact) mass is 285 g/mol. The third kappa shape index (κ3) is 4.59. The van der Waals surface area contributed by atoms with Crippen LogP contribution in [-0.2, 0) is 7.80 Å². The fraction of sp³-hybridized carbons (Fsp3) is 1.00. The number of hydrogen-bond donors (Lipinski definition) is 0. The van der Waals surface area contributed by atoms with E-state index in [4.69, 9.17) is 7.80 Å². The minimum absolute atomic E-state index is 0.880. The molecular formula is C8H16INO2. The van der Waals surface area contributed by atoms with Gasteiger partial charge in [-0.2, -0.15) is 0 Å². The van der Waals surface area contributed by atoms with Gasteiger partial charge in [-0.1, -0.05) is 0 Å². The molecule has 0 aromatic carbocycles. The number of halogens is 1. The second-order valence-corrected chi connectivity index (χ2v) is 3.60. The molecule has 0 bridgehead atoms. The highest BCUT2D eigenvalue weighted by Gasteiger charge is 2.08. The van der Waals surface area contributed by atoms with Crippen molar-refractivity contribution >= 4 is 23.0 Å². The molecule has 72 valence electrons. The molecule has 1 fully saturated rings. The average molecular weight is 285 g/mol. The molecule has 3 nitrogen and oxygen atoms in total. The van der Waals surface area contributed by atoms with E-state index in [1.807, 2.05) is 23.0 Å². The first-order valence-electron chi connectivity index (χ1n) is 4.47. The quantitative estimate of drug-likeness (QED) is 0.564. The Morgan fingerprint density at radius 3 is 2.67 bits per heavy atom. The fourth-order valence-corrected chi connectivity index (χ4v) is 1.63. The number of unbranched alkanes of at least 4 members (excludes halogenated alkanes) is 1. The smallest absolute Gasteiger partial charge is 0.109 e. The maximum atomic E-state index is 5.26. The van der Waals surface area contributed by atoms with Gasteiger partial charge < -0.3 is 7.80 Å². The Morgan fingerprint density at radius 1 is 1.25 bits per heavy atom. The van der Waals surface area contributed by atoms with Gasteiger partial charge in [-0.05, 0) is 19.4 Å². The zero-order valence-electron chi connectivity index (χ0n) is 7.30. The lowest BCUT2D eigenvalue weighted by Crippen LogP contribution is -2.36.